The molecule has 33 heavy (non-hydrogen) atoms. The van der Waals surface area contributed by atoms with Gasteiger partial charge in [-0.1, -0.05) is 56.0 Å². The maximum Gasteiger partial charge on any atom is 0.266 e. The minimum absolute atomic E-state index is 0.0373. The summed E-state index contributed by atoms with van der Waals surface area (Å²) in [6.07, 6.45) is 5.70. The Labute approximate surface area is 204 Å². The summed E-state index contributed by atoms with van der Waals surface area (Å²) >= 11 is 6.80. The number of ether oxygens (including phenoxy) is 1. The number of aromatic nitrogens is 2. The van der Waals surface area contributed by atoms with Gasteiger partial charge in [0.15, 0.2) is 0 Å². The van der Waals surface area contributed by atoms with E-state index in [-0.39, 0.29) is 5.91 Å². The first-order valence-corrected chi connectivity index (χ1v) is 12.4. The molecular formula is C26H27N3O2S2. The average Bonchev–Trinajstić information content (AvgIpc) is 3.36. The zero-order valence-corrected chi connectivity index (χ0v) is 20.7. The van der Waals surface area contributed by atoms with Gasteiger partial charge in [0, 0.05) is 23.9 Å². The van der Waals surface area contributed by atoms with Gasteiger partial charge < -0.3 is 4.74 Å². The number of amides is 1. The molecule has 0 aliphatic carbocycles. The molecule has 0 bridgehead atoms. The van der Waals surface area contributed by atoms with Crippen molar-refractivity contribution in [3.05, 3.63) is 70.8 Å². The van der Waals surface area contributed by atoms with Crippen LogP contribution in [0.15, 0.2) is 59.6 Å². The van der Waals surface area contributed by atoms with E-state index in [2.05, 4.69) is 13.0 Å². The second-order valence-corrected chi connectivity index (χ2v) is 9.55. The van der Waals surface area contributed by atoms with Crippen LogP contribution in [-0.4, -0.2) is 38.1 Å². The smallest absolute Gasteiger partial charge is 0.266 e. The second-order valence-electron chi connectivity index (χ2n) is 7.88. The highest BCUT2D eigenvalue weighted by Crippen LogP contribution is 2.35. The molecular weight excluding hydrogens is 450 g/mol. The van der Waals surface area contributed by atoms with E-state index in [1.807, 2.05) is 73.3 Å². The highest BCUT2D eigenvalue weighted by molar-refractivity contribution is 8.26. The highest BCUT2D eigenvalue weighted by atomic mass is 32.2. The van der Waals surface area contributed by atoms with Gasteiger partial charge in [-0.2, -0.15) is 5.10 Å². The van der Waals surface area contributed by atoms with Gasteiger partial charge in [-0.25, -0.2) is 4.68 Å². The first-order chi connectivity index (χ1) is 16.0. The lowest BCUT2D eigenvalue weighted by Gasteiger charge is -2.12. The fraction of sp³-hybridized carbons (Fsp3) is 0.269. The summed E-state index contributed by atoms with van der Waals surface area (Å²) in [5, 5.41) is 4.89. The lowest BCUT2D eigenvalue weighted by Crippen LogP contribution is -2.28. The Morgan fingerprint density at radius 1 is 1.12 bits per heavy atom. The molecule has 2 aromatic carbocycles. The van der Waals surface area contributed by atoms with Crippen LogP contribution in [0, 0.1) is 6.92 Å². The van der Waals surface area contributed by atoms with Crippen LogP contribution < -0.4 is 4.74 Å². The molecule has 0 atom stereocenters. The van der Waals surface area contributed by atoms with E-state index >= 15 is 0 Å². The van der Waals surface area contributed by atoms with E-state index < -0.39 is 0 Å². The Balaban J connectivity index is 1.77. The molecule has 1 saturated heterocycles. The van der Waals surface area contributed by atoms with E-state index in [9.17, 15) is 4.79 Å². The molecule has 0 unspecified atom stereocenters. The number of hydrogen-bond donors (Lipinski definition) is 0. The maximum absolute atomic E-state index is 12.9. The highest BCUT2D eigenvalue weighted by Gasteiger charge is 2.31. The van der Waals surface area contributed by atoms with Crippen molar-refractivity contribution in [2.45, 2.75) is 33.6 Å². The van der Waals surface area contributed by atoms with Crippen LogP contribution in [0.4, 0.5) is 0 Å². The van der Waals surface area contributed by atoms with Crippen LogP contribution in [0.5, 0.6) is 5.75 Å². The molecule has 0 N–H and O–H groups in total. The van der Waals surface area contributed by atoms with Crippen LogP contribution >= 0.6 is 24.0 Å². The van der Waals surface area contributed by atoms with E-state index in [1.54, 1.807) is 4.90 Å². The number of carbonyl (C=O) groups excluding carboxylic acids is 1. The van der Waals surface area contributed by atoms with Crippen LogP contribution in [0.1, 0.15) is 37.8 Å². The number of para-hydroxylation sites is 1. The quantitative estimate of drug-likeness (QED) is 0.284. The molecule has 0 radical (unpaired) electrons. The standard InChI is InChI=1S/C26H27N3O2S2/c1-4-13-28-25(30)23(33-26(28)32)16-20-17-29(21-9-7-6-8-10-21)27-24(20)19-11-12-22(18(3)15-19)31-14-5-2/h6-12,15-17H,4-5,13-14H2,1-3H3. The van der Waals surface area contributed by atoms with Crippen molar-refractivity contribution in [1.29, 1.82) is 0 Å². The predicted octanol–water partition coefficient (Wildman–Crippen LogP) is 6.25. The number of hydrogen-bond acceptors (Lipinski definition) is 5. The molecule has 0 saturated carbocycles. The van der Waals surface area contributed by atoms with Gasteiger partial charge in [-0.05, 0) is 61.7 Å². The monoisotopic (exact) mass is 477 g/mol. The Morgan fingerprint density at radius 3 is 2.61 bits per heavy atom. The third kappa shape index (κ3) is 5.04. The van der Waals surface area contributed by atoms with Crippen LogP contribution in [0.2, 0.25) is 0 Å². The normalized spacial score (nSPS) is 15.0. The zero-order chi connectivity index (χ0) is 23.4. The third-order valence-electron chi connectivity index (χ3n) is 5.28. The summed E-state index contributed by atoms with van der Waals surface area (Å²) in [6.45, 7) is 7.50. The van der Waals surface area contributed by atoms with E-state index in [4.69, 9.17) is 22.1 Å². The summed E-state index contributed by atoms with van der Waals surface area (Å²) in [4.78, 5) is 15.2. The van der Waals surface area contributed by atoms with Gasteiger partial charge in [0.2, 0.25) is 0 Å². The molecule has 170 valence electrons. The average molecular weight is 478 g/mol. The summed E-state index contributed by atoms with van der Waals surface area (Å²) in [5.74, 6) is 0.842. The molecule has 7 heteroatoms. The first kappa shape index (κ1) is 23.3. The van der Waals surface area contributed by atoms with Crippen molar-refractivity contribution in [2.24, 2.45) is 0 Å². The number of benzene rings is 2. The van der Waals surface area contributed by atoms with Gasteiger partial charge in [-0.15, -0.1) is 0 Å². The first-order valence-electron chi connectivity index (χ1n) is 11.2. The molecule has 0 spiro atoms. The largest absolute Gasteiger partial charge is 0.493 e. The fourth-order valence-electron chi connectivity index (χ4n) is 3.66. The Morgan fingerprint density at radius 2 is 1.91 bits per heavy atom. The van der Waals surface area contributed by atoms with Gasteiger partial charge in [0.1, 0.15) is 15.8 Å². The SMILES string of the molecule is CCCOc1ccc(-c2nn(-c3ccccc3)cc2C=C2SC(=S)N(CCC)C2=O)cc1C. The summed E-state index contributed by atoms with van der Waals surface area (Å²) in [5.41, 5.74) is 4.66. The van der Waals surface area contributed by atoms with E-state index in [1.165, 1.54) is 11.8 Å². The zero-order valence-electron chi connectivity index (χ0n) is 19.1. The molecule has 5 nitrogen and oxygen atoms in total. The van der Waals surface area contributed by atoms with Gasteiger partial charge in [0.05, 0.1) is 17.2 Å². The third-order valence-corrected chi connectivity index (χ3v) is 6.66. The Bertz CT molecular complexity index is 1200. The number of rotatable bonds is 8. The maximum atomic E-state index is 12.9. The van der Waals surface area contributed by atoms with E-state index in [0.717, 1.165) is 46.7 Å². The molecule has 1 aliphatic rings. The van der Waals surface area contributed by atoms with Crippen molar-refractivity contribution < 1.29 is 9.53 Å². The van der Waals surface area contributed by atoms with Gasteiger partial charge >= 0.3 is 0 Å². The minimum Gasteiger partial charge on any atom is -0.493 e. The Hall–Kier alpha value is -2.90. The molecule has 1 aliphatic heterocycles. The van der Waals surface area contributed by atoms with E-state index in [0.29, 0.717) is 22.4 Å². The summed E-state index contributed by atoms with van der Waals surface area (Å²) < 4.78 is 8.31. The van der Waals surface area contributed by atoms with Crippen LogP contribution in [0.25, 0.3) is 23.0 Å². The number of nitrogens with zero attached hydrogens (tertiary/aromatic N) is 3. The number of thiocarbonyl (C=S) groups is 1. The Kier molecular flexibility index (Phi) is 7.30. The van der Waals surface area contributed by atoms with Crippen molar-refractivity contribution in [3.63, 3.8) is 0 Å². The van der Waals surface area contributed by atoms with Crippen LogP contribution in [-0.2, 0) is 4.79 Å². The topological polar surface area (TPSA) is 47.4 Å². The number of aryl methyl sites for hydroxylation is 1. The fourth-order valence-corrected chi connectivity index (χ4v) is 4.96. The van der Waals surface area contributed by atoms with Crippen LogP contribution in [0.3, 0.4) is 0 Å². The number of carbonyl (C=O) groups is 1. The van der Waals surface area contributed by atoms with Crippen molar-refractivity contribution >= 4 is 40.3 Å². The lowest BCUT2D eigenvalue weighted by molar-refractivity contribution is -0.122. The number of thioether (sulfide) groups is 1. The van der Waals surface area contributed by atoms with Crippen molar-refractivity contribution in [3.8, 4) is 22.7 Å². The van der Waals surface area contributed by atoms with Gasteiger partial charge in [0.25, 0.3) is 5.91 Å². The summed E-state index contributed by atoms with van der Waals surface area (Å²) in [7, 11) is 0. The summed E-state index contributed by atoms with van der Waals surface area (Å²) in [6, 6.07) is 16.1. The van der Waals surface area contributed by atoms with Crippen molar-refractivity contribution in [1.82, 2.24) is 14.7 Å². The molecule has 3 aromatic rings. The molecule has 1 fully saturated rings. The molecule has 4 rings (SSSR count). The lowest BCUT2D eigenvalue weighted by atomic mass is 10.0. The molecule has 1 amide bonds. The molecule has 2 heterocycles. The van der Waals surface area contributed by atoms with Crippen molar-refractivity contribution in [2.75, 3.05) is 13.2 Å². The minimum atomic E-state index is -0.0373. The second kappa shape index (κ2) is 10.4. The van der Waals surface area contributed by atoms with Gasteiger partial charge in [-0.3, -0.25) is 9.69 Å². The molecule has 1 aromatic heterocycles. The predicted molar refractivity (Wildman–Crippen MR) is 140 cm³/mol.